The van der Waals surface area contributed by atoms with Crippen LogP contribution in [0.1, 0.15) is 10.6 Å². The van der Waals surface area contributed by atoms with Crippen LogP contribution in [0.15, 0.2) is 36.4 Å². The second-order valence-corrected chi connectivity index (χ2v) is 4.91. The summed E-state index contributed by atoms with van der Waals surface area (Å²) in [5, 5.41) is 3.38. The highest BCUT2D eigenvalue weighted by atomic mass is 35.5. The molecule has 7 heteroatoms. The number of fused-ring (bicyclic) bond motifs is 1. The smallest absolute Gasteiger partial charge is 0.374 e. The number of nitrogens with one attached hydrogen (secondary N) is 2. The van der Waals surface area contributed by atoms with E-state index >= 15 is 0 Å². The number of para-hydroxylation sites is 1. The van der Waals surface area contributed by atoms with Crippen LogP contribution in [0.2, 0.25) is 5.02 Å². The molecule has 0 amide bonds. The van der Waals surface area contributed by atoms with Crippen molar-refractivity contribution in [3.05, 3.63) is 53.1 Å². The molecule has 112 valence electrons. The summed E-state index contributed by atoms with van der Waals surface area (Å²) in [6.07, 6.45) is 0. The third-order valence-corrected chi connectivity index (χ3v) is 3.44. The van der Waals surface area contributed by atoms with Crippen molar-refractivity contribution in [3.8, 4) is 0 Å². The number of nitrogens with zero attached hydrogens (tertiary/aromatic N) is 1. The highest BCUT2D eigenvalue weighted by Crippen LogP contribution is 2.29. The third-order valence-electron chi connectivity index (χ3n) is 3.11. The van der Waals surface area contributed by atoms with E-state index in [0.29, 0.717) is 16.2 Å². The average molecular weight is 320 g/mol. The van der Waals surface area contributed by atoms with Crippen LogP contribution >= 0.6 is 11.6 Å². The lowest BCUT2D eigenvalue weighted by atomic mass is 10.2. The predicted octanol–water partition coefficient (Wildman–Crippen LogP) is 3.89. The summed E-state index contributed by atoms with van der Waals surface area (Å²) >= 11 is 6.04. The van der Waals surface area contributed by atoms with Gasteiger partial charge < -0.3 is 15.0 Å². The monoisotopic (exact) mass is 319 g/mol. The molecule has 0 spiro atoms. The Kier molecular flexibility index (Phi) is 3.68. The Labute approximate surface area is 130 Å². The number of carbonyl (C=O) groups excluding carboxylic acids is 1. The van der Waals surface area contributed by atoms with Gasteiger partial charge in [-0.15, -0.1) is 0 Å². The number of anilines is 2. The van der Waals surface area contributed by atoms with Crippen molar-refractivity contribution in [2.24, 2.45) is 0 Å². The molecule has 0 bridgehead atoms. The second kappa shape index (κ2) is 5.65. The Morgan fingerprint density at radius 2 is 2.05 bits per heavy atom. The van der Waals surface area contributed by atoms with E-state index < -0.39 is 11.8 Å². The number of rotatable bonds is 3. The van der Waals surface area contributed by atoms with E-state index in [1.54, 1.807) is 36.4 Å². The number of esters is 1. The van der Waals surface area contributed by atoms with E-state index in [4.69, 9.17) is 11.6 Å². The van der Waals surface area contributed by atoms with E-state index in [1.165, 1.54) is 7.11 Å². The maximum atomic E-state index is 14.5. The number of benzene rings is 2. The van der Waals surface area contributed by atoms with Crippen LogP contribution in [0.3, 0.4) is 0 Å². The van der Waals surface area contributed by atoms with Gasteiger partial charge in [0, 0.05) is 0 Å². The van der Waals surface area contributed by atoms with Crippen molar-refractivity contribution in [1.29, 1.82) is 0 Å². The van der Waals surface area contributed by atoms with Crippen molar-refractivity contribution in [2.75, 3.05) is 12.4 Å². The number of ether oxygens (including phenoxy) is 1. The average Bonchev–Trinajstić information content (AvgIpc) is 2.96. The fraction of sp³-hybridized carbons (Fsp3) is 0.0667. The number of hydrogen-bond acceptors (Lipinski definition) is 4. The number of aromatic amines is 1. The molecule has 0 atom stereocenters. The molecule has 1 heterocycles. The molecule has 3 rings (SSSR count). The van der Waals surface area contributed by atoms with Crippen LogP contribution in [0.25, 0.3) is 11.0 Å². The molecule has 5 nitrogen and oxygen atoms in total. The highest BCUT2D eigenvalue weighted by molar-refractivity contribution is 6.33. The first-order chi connectivity index (χ1) is 10.6. The Morgan fingerprint density at radius 1 is 1.27 bits per heavy atom. The van der Waals surface area contributed by atoms with Gasteiger partial charge in [0.1, 0.15) is 5.52 Å². The molecule has 0 unspecified atom stereocenters. The molecular formula is C15H11ClFN3O2. The second-order valence-electron chi connectivity index (χ2n) is 4.51. The molecule has 0 aliphatic carbocycles. The Balaban J connectivity index is 2.03. The lowest BCUT2D eigenvalue weighted by Gasteiger charge is -2.09. The van der Waals surface area contributed by atoms with Crippen LogP contribution in [0.5, 0.6) is 0 Å². The maximum Gasteiger partial charge on any atom is 0.374 e. The molecule has 3 aromatic rings. The number of imidazole rings is 1. The fourth-order valence-electron chi connectivity index (χ4n) is 2.04. The molecule has 2 aromatic carbocycles. The van der Waals surface area contributed by atoms with Gasteiger partial charge in [-0.1, -0.05) is 23.7 Å². The zero-order chi connectivity index (χ0) is 15.7. The summed E-state index contributed by atoms with van der Waals surface area (Å²) in [6.45, 7) is 0. The molecule has 0 aliphatic heterocycles. The SMILES string of the molecule is COC(=O)c1nc2c(F)c(Nc3ccccc3Cl)ccc2[nH]1. The molecule has 0 fully saturated rings. The number of aromatic nitrogens is 2. The van der Waals surface area contributed by atoms with Gasteiger partial charge in [-0.05, 0) is 24.3 Å². The van der Waals surface area contributed by atoms with Crippen molar-refractivity contribution >= 4 is 40.0 Å². The summed E-state index contributed by atoms with van der Waals surface area (Å²) in [7, 11) is 1.23. The minimum Gasteiger partial charge on any atom is -0.463 e. The summed E-state index contributed by atoms with van der Waals surface area (Å²) in [4.78, 5) is 18.1. The molecule has 0 radical (unpaired) electrons. The van der Waals surface area contributed by atoms with Gasteiger partial charge in [0.25, 0.3) is 0 Å². The van der Waals surface area contributed by atoms with Crippen molar-refractivity contribution < 1.29 is 13.9 Å². The van der Waals surface area contributed by atoms with Crippen LogP contribution in [0, 0.1) is 5.82 Å². The molecule has 1 aromatic heterocycles. The molecule has 0 aliphatic rings. The van der Waals surface area contributed by atoms with Crippen molar-refractivity contribution in [2.45, 2.75) is 0 Å². The maximum absolute atomic E-state index is 14.5. The van der Waals surface area contributed by atoms with Crippen LogP contribution < -0.4 is 5.32 Å². The van der Waals surface area contributed by atoms with Crippen LogP contribution in [0.4, 0.5) is 15.8 Å². The van der Waals surface area contributed by atoms with Gasteiger partial charge in [0.2, 0.25) is 5.82 Å². The van der Waals surface area contributed by atoms with Crippen molar-refractivity contribution in [1.82, 2.24) is 9.97 Å². The van der Waals surface area contributed by atoms with Gasteiger partial charge in [-0.3, -0.25) is 0 Å². The topological polar surface area (TPSA) is 67.0 Å². The first-order valence-corrected chi connectivity index (χ1v) is 6.76. The summed E-state index contributed by atoms with van der Waals surface area (Å²) in [5.41, 5.74) is 1.25. The molecule has 2 N–H and O–H groups in total. The Hall–Kier alpha value is -2.60. The molecule has 22 heavy (non-hydrogen) atoms. The van der Waals surface area contributed by atoms with Crippen LogP contribution in [-0.2, 0) is 4.74 Å². The Bertz CT molecular complexity index is 863. The minimum atomic E-state index is -0.656. The largest absolute Gasteiger partial charge is 0.463 e. The Morgan fingerprint density at radius 3 is 2.77 bits per heavy atom. The lowest BCUT2D eigenvalue weighted by molar-refractivity contribution is 0.0588. The predicted molar refractivity (Wildman–Crippen MR) is 82.1 cm³/mol. The first-order valence-electron chi connectivity index (χ1n) is 6.38. The summed E-state index contributed by atoms with van der Waals surface area (Å²) in [5.74, 6) is -1.29. The zero-order valence-electron chi connectivity index (χ0n) is 11.5. The van der Waals surface area contributed by atoms with E-state index in [2.05, 4.69) is 20.0 Å². The van der Waals surface area contributed by atoms with Crippen LogP contribution in [-0.4, -0.2) is 23.0 Å². The quantitative estimate of drug-likeness (QED) is 0.719. The first kappa shape index (κ1) is 14.3. The van der Waals surface area contributed by atoms with E-state index in [1.807, 2.05) is 0 Å². The molecular weight excluding hydrogens is 309 g/mol. The molecule has 0 saturated heterocycles. The molecule has 0 saturated carbocycles. The van der Waals surface area contributed by atoms with E-state index in [-0.39, 0.29) is 17.0 Å². The van der Waals surface area contributed by atoms with Gasteiger partial charge in [-0.25, -0.2) is 14.2 Å². The standard InChI is InChI=1S/C15H11ClFN3O2/c1-22-15(21)14-19-11-7-6-10(12(17)13(11)20-14)18-9-5-3-2-4-8(9)16/h2-7,18H,1H3,(H,19,20). The highest BCUT2D eigenvalue weighted by Gasteiger charge is 2.16. The number of carbonyl (C=O) groups is 1. The minimum absolute atomic E-state index is 0.0497. The van der Waals surface area contributed by atoms with Gasteiger partial charge in [-0.2, -0.15) is 0 Å². The number of hydrogen-bond donors (Lipinski definition) is 2. The van der Waals surface area contributed by atoms with Crippen molar-refractivity contribution in [3.63, 3.8) is 0 Å². The summed E-state index contributed by atoms with van der Waals surface area (Å²) in [6, 6.07) is 10.2. The zero-order valence-corrected chi connectivity index (χ0v) is 12.2. The fourth-order valence-corrected chi connectivity index (χ4v) is 2.22. The number of methoxy groups -OCH3 is 1. The number of H-pyrrole nitrogens is 1. The normalized spacial score (nSPS) is 10.7. The van der Waals surface area contributed by atoms with Gasteiger partial charge in [0.15, 0.2) is 5.82 Å². The van der Waals surface area contributed by atoms with Gasteiger partial charge in [0.05, 0.1) is 29.0 Å². The lowest BCUT2D eigenvalue weighted by Crippen LogP contribution is -2.03. The third kappa shape index (κ3) is 2.48. The summed E-state index contributed by atoms with van der Waals surface area (Å²) < 4.78 is 19.1. The number of halogens is 2. The van der Waals surface area contributed by atoms with E-state index in [0.717, 1.165) is 0 Å². The van der Waals surface area contributed by atoms with Gasteiger partial charge >= 0.3 is 5.97 Å². The van der Waals surface area contributed by atoms with E-state index in [9.17, 15) is 9.18 Å².